The minimum Gasteiger partial charge on any atom is -0.488 e. The van der Waals surface area contributed by atoms with Gasteiger partial charge in [0.25, 0.3) is 0 Å². The van der Waals surface area contributed by atoms with E-state index in [0.29, 0.717) is 40.4 Å². The Morgan fingerprint density at radius 2 is 1.31 bits per heavy atom. The second-order valence-corrected chi connectivity index (χ2v) is 10.6. The van der Waals surface area contributed by atoms with Gasteiger partial charge in [-0.3, -0.25) is 0 Å². The highest BCUT2D eigenvalue weighted by atomic mass is 19.2. The maximum absolute atomic E-state index is 14.2. The number of rotatable bonds is 9. The van der Waals surface area contributed by atoms with Crippen molar-refractivity contribution in [2.45, 2.75) is 31.3 Å². The smallest absolute Gasteiger partial charge is 0.159 e. The maximum Gasteiger partial charge on any atom is 0.159 e. The number of nitrogens with one attached hydrogen (secondary N) is 3. The molecular weight excluding hydrogens is 543 g/mol. The third kappa shape index (κ3) is 6.38. The summed E-state index contributed by atoms with van der Waals surface area (Å²) in [6, 6.07) is 20.6. The first kappa shape index (κ1) is 28.1. The predicted molar refractivity (Wildman–Crippen MR) is 156 cm³/mol. The minimum atomic E-state index is -1.14. The topological polar surface area (TPSA) is 74.8 Å². The van der Waals surface area contributed by atoms with Crippen molar-refractivity contribution in [2.75, 3.05) is 31.5 Å². The number of aliphatic hydroxyl groups excluding tert-OH is 1. The molecule has 0 bridgehead atoms. The van der Waals surface area contributed by atoms with Crippen molar-refractivity contribution >= 4 is 5.69 Å². The van der Waals surface area contributed by atoms with Crippen LogP contribution in [-0.2, 0) is 0 Å². The normalized spacial score (nSPS) is 19.0. The van der Waals surface area contributed by atoms with E-state index >= 15 is 0 Å². The molecule has 0 radical (unpaired) electrons. The lowest BCUT2D eigenvalue weighted by molar-refractivity contribution is 0.207. The van der Waals surface area contributed by atoms with Gasteiger partial charge in [0.1, 0.15) is 29.5 Å². The molecule has 4 N–H and O–H groups in total. The van der Waals surface area contributed by atoms with Crippen molar-refractivity contribution in [2.24, 2.45) is 0 Å². The molecule has 0 aromatic heterocycles. The van der Waals surface area contributed by atoms with Crippen LogP contribution in [0, 0.1) is 17.5 Å². The maximum atomic E-state index is 14.2. The van der Waals surface area contributed by atoms with E-state index in [1.165, 1.54) is 18.2 Å². The molecule has 42 heavy (non-hydrogen) atoms. The first-order chi connectivity index (χ1) is 20.4. The van der Waals surface area contributed by atoms with Gasteiger partial charge in [-0.15, -0.1) is 0 Å². The van der Waals surface area contributed by atoms with Crippen LogP contribution in [0.5, 0.6) is 11.5 Å². The van der Waals surface area contributed by atoms with E-state index in [-0.39, 0.29) is 18.0 Å². The van der Waals surface area contributed by atoms with Crippen molar-refractivity contribution in [1.82, 2.24) is 10.6 Å². The van der Waals surface area contributed by atoms with Crippen molar-refractivity contribution in [1.29, 1.82) is 0 Å². The summed E-state index contributed by atoms with van der Waals surface area (Å²) in [6.07, 6.45) is 0.566. The zero-order chi connectivity index (χ0) is 29.1. The lowest BCUT2D eigenvalue weighted by Crippen LogP contribution is -2.20. The Bertz CT molecular complexity index is 1540. The van der Waals surface area contributed by atoms with Crippen LogP contribution in [0.15, 0.2) is 78.9 Å². The largest absolute Gasteiger partial charge is 0.488 e. The fourth-order valence-corrected chi connectivity index (χ4v) is 5.35. The molecule has 2 aliphatic heterocycles. The van der Waals surface area contributed by atoms with Crippen molar-refractivity contribution in [3.63, 3.8) is 0 Å². The van der Waals surface area contributed by atoms with Gasteiger partial charge in [-0.2, -0.15) is 0 Å². The first-order valence-electron chi connectivity index (χ1n) is 14.1. The first-order valence-corrected chi connectivity index (χ1v) is 14.1. The molecule has 0 aliphatic carbocycles. The van der Waals surface area contributed by atoms with Gasteiger partial charge in [-0.05, 0) is 91.7 Å². The summed E-state index contributed by atoms with van der Waals surface area (Å²) in [4.78, 5) is 0. The zero-order valence-corrected chi connectivity index (χ0v) is 22.9. The van der Waals surface area contributed by atoms with Crippen LogP contribution in [-0.4, -0.2) is 43.5 Å². The fourth-order valence-electron chi connectivity index (χ4n) is 5.35. The number of ether oxygens (including phenoxy) is 2. The number of hydrogen-bond acceptors (Lipinski definition) is 6. The second kappa shape index (κ2) is 12.4. The highest BCUT2D eigenvalue weighted by Crippen LogP contribution is 2.37. The van der Waals surface area contributed by atoms with Crippen LogP contribution in [0.1, 0.15) is 24.6 Å². The molecule has 6 nitrogen and oxygen atoms in total. The molecule has 4 aromatic rings. The van der Waals surface area contributed by atoms with E-state index in [9.17, 15) is 18.3 Å². The van der Waals surface area contributed by atoms with E-state index in [0.717, 1.165) is 55.7 Å². The predicted octanol–water partition coefficient (Wildman–Crippen LogP) is 6.02. The quantitative estimate of drug-likeness (QED) is 0.183. The lowest BCUT2D eigenvalue weighted by Gasteiger charge is -2.21. The van der Waals surface area contributed by atoms with Gasteiger partial charge in [-0.1, -0.05) is 24.3 Å². The molecule has 4 aromatic carbocycles. The average molecular weight is 576 g/mol. The summed E-state index contributed by atoms with van der Waals surface area (Å²) < 4.78 is 54.0. The highest BCUT2D eigenvalue weighted by molar-refractivity contribution is 5.75. The van der Waals surface area contributed by atoms with Gasteiger partial charge >= 0.3 is 0 Å². The van der Waals surface area contributed by atoms with Crippen molar-refractivity contribution in [3.8, 4) is 33.8 Å². The number of hydrogen-bond donors (Lipinski definition) is 4. The molecule has 2 fully saturated rings. The Morgan fingerprint density at radius 1 is 0.690 bits per heavy atom. The van der Waals surface area contributed by atoms with E-state index in [4.69, 9.17) is 9.47 Å². The minimum absolute atomic E-state index is 0.0315. The molecule has 6 rings (SSSR count). The molecule has 0 spiro atoms. The number of halogens is 3. The van der Waals surface area contributed by atoms with Gasteiger partial charge in [0.2, 0.25) is 0 Å². The molecule has 0 amide bonds. The van der Waals surface area contributed by atoms with Crippen LogP contribution in [0.3, 0.4) is 0 Å². The molecule has 2 heterocycles. The Hall–Kier alpha value is -4.05. The van der Waals surface area contributed by atoms with Gasteiger partial charge in [-0.25, -0.2) is 13.2 Å². The fraction of sp³-hybridized carbons (Fsp3) is 0.273. The molecule has 3 atom stereocenters. The Labute approximate surface area is 242 Å². The van der Waals surface area contributed by atoms with Gasteiger partial charge in [0, 0.05) is 35.5 Å². The van der Waals surface area contributed by atoms with Crippen molar-refractivity contribution in [3.05, 3.63) is 102 Å². The van der Waals surface area contributed by atoms with E-state index < -0.39 is 17.9 Å². The molecule has 2 aliphatic rings. The van der Waals surface area contributed by atoms with Crippen molar-refractivity contribution < 1.29 is 27.8 Å². The van der Waals surface area contributed by atoms with Crippen LogP contribution >= 0.6 is 0 Å². The summed E-state index contributed by atoms with van der Waals surface area (Å²) in [5, 5.41) is 20.9. The molecule has 2 saturated heterocycles. The lowest BCUT2D eigenvalue weighted by atomic mass is 10.00. The standard InChI is InChI=1S/C33H32F3N3O3/c34-23-5-1-20(2-6-23)28-17-24(7-10-32(28)42-26-12-14-38-19-26)39-33(40)22-4-9-31(41-25-11-13-37-18-25)27(15-22)21-3-8-29(35)30(36)16-21/h1-10,15-17,25-26,33,37-40H,11-14,18-19H2/t25-,26-,33?/m1/s1. The third-order valence-corrected chi connectivity index (χ3v) is 7.61. The summed E-state index contributed by atoms with van der Waals surface area (Å²) in [5.74, 6) is -1.05. The average Bonchev–Trinajstić information content (AvgIpc) is 3.71. The number of aliphatic hydroxyl groups is 1. The molecule has 9 heteroatoms. The second-order valence-electron chi connectivity index (χ2n) is 10.6. The van der Waals surface area contributed by atoms with Crippen LogP contribution in [0.25, 0.3) is 22.3 Å². The number of benzene rings is 4. The van der Waals surface area contributed by atoms with Crippen LogP contribution < -0.4 is 25.4 Å². The summed E-state index contributed by atoms with van der Waals surface area (Å²) >= 11 is 0. The van der Waals surface area contributed by atoms with E-state index in [2.05, 4.69) is 16.0 Å². The Balaban J connectivity index is 1.29. The van der Waals surface area contributed by atoms with Crippen LogP contribution in [0.4, 0.5) is 18.9 Å². The van der Waals surface area contributed by atoms with E-state index in [1.54, 1.807) is 30.3 Å². The zero-order valence-electron chi connectivity index (χ0n) is 22.9. The Morgan fingerprint density at radius 3 is 1.93 bits per heavy atom. The highest BCUT2D eigenvalue weighted by Gasteiger charge is 2.22. The SMILES string of the molecule is OC(Nc1ccc(O[C@@H]2CCNC2)c(-c2ccc(F)cc2)c1)c1ccc(O[C@@H]2CCNC2)c(-c2ccc(F)c(F)c2)c1. The van der Waals surface area contributed by atoms with Gasteiger partial charge in [0.15, 0.2) is 17.9 Å². The Kier molecular flexibility index (Phi) is 8.32. The monoisotopic (exact) mass is 575 g/mol. The van der Waals surface area contributed by atoms with E-state index in [1.807, 2.05) is 18.2 Å². The summed E-state index contributed by atoms with van der Waals surface area (Å²) in [6.45, 7) is 3.17. The van der Waals surface area contributed by atoms with Crippen LogP contribution in [0.2, 0.25) is 0 Å². The molecule has 0 saturated carbocycles. The summed E-state index contributed by atoms with van der Waals surface area (Å²) in [7, 11) is 0. The van der Waals surface area contributed by atoms with Gasteiger partial charge < -0.3 is 30.5 Å². The summed E-state index contributed by atoms with van der Waals surface area (Å²) in [5.41, 5.74) is 3.64. The molecule has 1 unspecified atom stereocenters. The van der Waals surface area contributed by atoms with Gasteiger partial charge in [0.05, 0.1) is 0 Å². The molecule has 218 valence electrons. The number of anilines is 1. The third-order valence-electron chi connectivity index (χ3n) is 7.61. The molecular formula is C33H32F3N3O3.